The van der Waals surface area contributed by atoms with Crippen LogP contribution in [0.5, 0.6) is 0 Å². The smallest absolute Gasteiger partial charge is 0.0749 e. The number of nitrogens with zero attached hydrogens (tertiary/aromatic N) is 1. The molecule has 3 heteroatoms. The van der Waals surface area contributed by atoms with Gasteiger partial charge in [-0.1, -0.05) is 23.7 Å². The van der Waals surface area contributed by atoms with Crippen LogP contribution < -0.4 is 5.73 Å². The summed E-state index contributed by atoms with van der Waals surface area (Å²) in [5, 5.41) is 1.84. The van der Waals surface area contributed by atoms with Crippen LogP contribution in [0.1, 0.15) is 19.4 Å². The zero-order valence-electron chi connectivity index (χ0n) is 9.50. The fourth-order valence-electron chi connectivity index (χ4n) is 1.80. The summed E-state index contributed by atoms with van der Waals surface area (Å²) < 4.78 is 0. The number of halogens is 1. The Kier molecular flexibility index (Phi) is 2.87. The minimum absolute atomic E-state index is 0.282. The van der Waals surface area contributed by atoms with Crippen LogP contribution in [0.15, 0.2) is 30.5 Å². The Morgan fingerprint density at radius 3 is 2.75 bits per heavy atom. The Labute approximate surface area is 100 Å². The zero-order valence-corrected chi connectivity index (χ0v) is 10.3. The number of hydrogen-bond donors (Lipinski definition) is 1. The lowest BCUT2D eigenvalue weighted by molar-refractivity contribution is 0.518. The molecular formula is C13H15ClN2. The molecule has 0 aliphatic carbocycles. The maximum absolute atomic E-state index is 6.21. The van der Waals surface area contributed by atoms with Gasteiger partial charge in [0.25, 0.3) is 0 Å². The molecule has 1 heterocycles. The van der Waals surface area contributed by atoms with Gasteiger partial charge in [0.15, 0.2) is 0 Å². The molecule has 0 saturated carbocycles. The summed E-state index contributed by atoms with van der Waals surface area (Å²) in [6.07, 6.45) is 2.51. The number of hydrogen-bond acceptors (Lipinski definition) is 2. The molecule has 2 N–H and O–H groups in total. The lowest BCUT2D eigenvalue weighted by Crippen LogP contribution is -2.34. The zero-order chi connectivity index (χ0) is 11.8. The van der Waals surface area contributed by atoms with E-state index in [-0.39, 0.29) is 5.54 Å². The van der Waals surface area contributed by atoms with E-state index in [0.717, 1.165) is 27.9 Å². The highest BCUT2D eigenvalue weighted by Gasteiger charge is 2.16. The van der Waals surface area contributed by atoms with E-state index in [1.807, 2.05) is 38.1 Å². The molecule has 84 valence electrons. The van der Waals surface area contributed by atoms with Gasteiger partial charge in [0.2, 0.25) is 0 Å². The maximum Gasteiger partial charge on any atom is 0.0749 e. The first-order valence-electron chi connectivity index (χ1n) is 5.28. The Morgan fingerprint density at radius 2 is 2.06 bits per heavy atom. The van der Waals surface area contributed by atoms with E-state index in [1.165, 1.54) is 0 Å². The molecule has 0 unspecified atom stereocenters. The van der Waals surface area contributed by atoms with Gasteiger partial charge in [-0.25, -0.2) is 0 Å². The van der Waals surface area contributed by atoms with Gasteiger partial charge in [-0.15, -0.1) is 0 Å². The molecule has 2 aromatic rings. The largest absolute Gasteiger partial charge is 0.325 e. The molecule has 0 spiro atoms. The minimum Gasteiger partial charge on any atom is -0.325 e. The topological polar surface area (TPSA) is 38.9 Å². The van der Waals surface area contributed by atoms with Crippen molar-refractivity contribution in [3.8, 4) is 0 Å². The quantitative estimate of drug-likeness (QED) is 0.867. The van der Waals surface area contributed by atoms with Crippen molar-refractivity contribution in [2.24, 2.45) is 5.73 Å². The summed E-state index contributed by atoms with van der Waals surface area (Å²) >= 11 is 6.21. The van der Waals surface area contributed by atoms with Crippen LogP contribution >= 0.6 is 11.6 Å². The van der Waals surface area contributed by atoms with E-state index < -0.39 is 0 Å². The predicted octanol–water partition coefficient (Wildman–Crippen LogP) is 3.17. The average Bonchev–Trinajstić information content (AvgIpc) is 2.21. The number of benzene rings is 1. The average molecular weight is 235 g/mol. The van der Waals surface area contributed by atoms with E-state index in [0.29, 0.717) is 0 Å². The number of aromatic nitrogens is 1. The third-order valence-corrected chi connectivity index (χ3v) is 2.81. The van der Waals surface area contributed by atoms with Gasteiger partial charge in [0.1, 0.15) is 0 Å². The van der Waals surface area contributed by atoms with Gasteiger partial charge >= 0.3 is 0 Å². The van der Waals surface area contributed by atoms with Gasteiger partial charge in [0.05, 0.1) is 5.52 Å². The molecule has 0 saturated heterocycles. The third-order valence-electron chi connectivity index (χ3n) is 2.45. The Bertz CT molecular complexity index is 515. The lowest BCUT2D eigenvalue weighted by atomic mass is 9.94. The standard InChI is InChI=1S/C13H15ClN2/c1-13(2,15)8-10-11(14)6-5-9-4-3-7-16-12(9)10/h3-7H,8,15H2,1-2H3. The molecule has 0 amide bonds. The molecule has 2 nitrogen and oxygen atoms in total. The molecule has 1 aromatic carbocycles. The Hall–Kier alpha value is -1.12. The van der Waals surface area contributed by atoms with Crippen molar-refractivity contribution < 1.29 is 0 Å². The van der Waals surface area contributed by atoms with Crippen LogP contribution in [0, 0.1) is 0 Å². The van der Waals surface area contributed by atoms with Crippen LogP contribution in [0.3, 0.4) is 0 Å². The second kappa shape index (κ2) is 4.04. The molecule has 0 bridgehead atoms. The van der Waals surface area contributed by atoms with Crippen molar-refractivity contribution in [3.05, 3.63) is 41.0 Å². The van der Waals surface area contributed by atoms with E-state index in [9.17, 15) is 0 Å². The predicted molar refractivity (Wildman–Crippen MR) is 68.7 cm³/mol. The monoisotopic (exact) mass is 234 g/mol. The van der Waals surface area contributed by atoms with Crippen molar-refractivity contribution in [3.63, 3.8) is 0 Å². The molecule has 0 fully saturated rings. The normalized spacial score (nSPS) is 12.0. The van der Waals surface area contributed by atoms with Gasteiger partial charge in [0, 0.05) is 22.1 Å². The third kappa shape index (κ3) is 2.34. The van der Waals surface area contributed by atoms with E-state index >= 15 is 0 Å². The van der Waals surface area contributed by atoms with Crippen molar-refractivity contribution in [1.82, 2.24) is 4.98 Å². The van der Waals surface area contributed by atoms with Gasteiger partial charge in [-0.05, 0) is 38.0 Å². The molecule has 0 aliphatic heterocycles. The maximum atomic E-state index is 6.21. The van der Waals surface area contributed by atoms with Crippen LogP contribution in [0.2, 0.25) is 5.02 Å². The molecule has 0 radical (unpaired) electrons. The van der Waals surface area contributed by atoms with Gasteiger partial charge in [-0.2, -0.15) is 0 Å². The highest BCUT2D eigenvalue weighted by molar-refractivity contribution is 6.32. The number of rotatable bonds is 2. The lowest BCUT2D eigenvalue weighted by Gasteiger charge is -2.20. The highest BCUT2D eigenvalue weighted by atomic mass is 35.5. The van der Waals surface area contributed by atoms with Crippen molar-refractivity contribution >= 4 is 22.5 Å². The van der Waals surface area contributed by atoms with Crippen molar-refractivity contribution in [2.45, 2.75) is 25.8 Å². The summed E-state index contributed by atoms with van der Waals surface area (Å²) in [6, 6.07) is 7.85. The van der Waals surface area contributed by atoms with Crippen LogP contribution in [0.25, 0.3) is 10.9 Å². The van der Waals surface area contributed by atoms with Gasteiger partial charge < -0.3 is 5.73 Å². The summed E-state index contributed by atoms with van der Waals surface area (Å²) in [7, 11) is 0. The highest BCUT2D eigenvalue weighted by Crippen LogP contribution is 2.27. The fourth-order valence-corrected chi connectivity index (χ4v) is 2.02. The molecule has 1 aromatic heterocycles. The second-order valence-electron chi connectivity index (χ2n) is 4.77. The SMILES string of the molecule is CC(C)(N)Cc1c(Cl)ccc2cccnc12. The molecule has 0 aliphatic rings. The van der Waals surface area contributed by atoms with Gasteiger partial charge in [-0.3, -0.25) is 4.98 Å². The first kappa shape index (κ1) is 11.4. The van der Waals surface area contributed by atoms with Crippen molar-refractivity contribution in [1.29, 1.82) is 0 Å². The molecule has 2 rings (SSSR count). The number of fused-ring (bicyclic) bond motifs is 1. The van der Waals surface area contributed by atoms with E-state index in [2.05, 4.69) is 4.98 Å². The summed E-state index contributed by atoms with van der Waals surface area (Å²) in [6.45, 7) is 3.98. The van der Waals surface area contributed by atoms with Crippen LogP contribution in [-0.2, 0) is 6.42 Å². The van der Waals surface area contributed by atoms with E-state index in [4.69, 9.17) is 17.3 Å². The first-order valence-corrected chi connectivity index (χ1v) is 5.66. The first-order chi connectivity index (χ1) is 7.47. The van der Waals surface area contributed by atoms with Crippen LogP contribution in [0.4, 0.5) is 0 Å². The van der Waals surface area contributed by atoms with Crippen molar-refractivity contribution in [2.75, 3.05) is 0 Å². The Balaban J connectivity index is 2.62. The summed E-state index contributed by atoms with van der Waals surface area (Å²) in [5.41, 5.74) is 7.75. The minimum atomic E-state index is -0.282. The summed E-state index contributed by atoms with van der Waals surface area (Å²) in [4.78, 5) is 4.39. The van der Waals surface area contributed by atoms with Crippen LogP contribution in [-0.4, -0.2) is 10.5 Å². The second-order valence-corrected chi connectivity index (χ2v) is 5.17. The Morgan fingerprint density at radius 1 is 1.31 bits per heavy atom. The van der Waals surface area contributed by atoms with E-state index in [1.54, 1.807) is 6.20 Å². The molecule has 16 heavy (non-hydrogen) atoms. The molecule has 0 atom stereocenters. The molecular weight excluding hydrogens is 220 g/mol. The number of nitrogens with two attached hydrogens (primary N) is 1. The number of pyridine rings is 1. The fraction of sp³-hybridized carbons (Fsp3) is 0.308. The summed E-state index contributed by atoms with van der Waals surface area (Å²) in [5.74, 6) is 0.